The van der Waals surface area contributed by atoms with Crippen LogP contribution in [0.4, 0.5) is 0 Å². The SMILES string of the molecule is COc1ccccc1-c1nnc(SCC(=O)N2N=C(c3cccs3)CC2c2cccs2)n1C. The highest BCUT2D eigenvalue weighted by atomic mass is 32.2. The third-order valence-electron chi connectivity index (χ3n) is 5.35. The summed E-state index contributed by atoms with van der Waals surface area (Å²) in [6, 6.07) is 15.8. The van der Waals surface area contributed by atoms with Gasteiger partial charge in [0, 0.05) is 18.3 Å². The fourth-order valence-electron chi connectivity index (χ4n) is 3.73. The van der Waals surface area contributed by atoms with Gasteiger partial charge >= 0.3 is 0 Å². The van der Waals surface area contributed by atoms with Crippen LogP contribution in [0.3, 0.4) is 0 Å². The zero-order valence-corrected chi connectivity index (χ0v) is 20.5. The van der Waals surface area contributed by atoms with E-state index in [1.165, 1.54) is 11.8 Å². The van der Waals surface area contributed by atoms with Crippen molar-refractivity contribution in [3.05, 3.63) is 69.0 Å². The summed E-state index contributed by atoms with van der Waals surface area (Å²) >= 11 is 4.66. The Morgan fingerprint density at radius 1 is 1.12 bits per heavy atom. The van der Waals surface area contributed by atoms with Crippen molar-refractivity contribution in [1.29, 1.82) is 0 Å². The summed E-state index contributed by atoms with van der Waals surface area (Å²) in [7, 11) is 3.53. The van der Waals surface area contributed by atoms with E-state index in [2.05, 4.69) is 22.3 Å². The lowest BCUT2D eigenvalue weighted by molar-refractivity contribution is -0.130. The molecule has 1 atom stereocenters. The lowest BCUT2D eigenvalue weighted by atomic mass is 10.1. The summed E-state index contributed by atoms with van der Waals surface area (Å²) < 4.78 is 7.34. The summed E-state index contributed by atoms with van der Waals surface area (Å²) in [5.41, 5.74) is 1.81. The second-order valence-corrected chi connectivity index (χ2v) is 10.2. The van der Waals surface area contributed by atoms with Crippen molar-refractivity contribution in [2.45, 2.75) is 17.6 Å². The van der Waals surface area contributed by atoms with Gasteiger partial charge in [-0.2, -0.15) is 5.10 Å². The van der Waals surface area contributed by atoms with Gasteiger partial charge in [-0.3, -0.25) is 4.79 Å². The van der Waals surface area contributed by atoms with E-state index in [4.69, 9.17) is 9.84 Å². The number of methoxy groups -OCH3 is 1. The zero-order chi connectivity index (χ0) is 22.8. The van der Waals surface area contributed by atoms with Gasteiger partial charge in [-0.15, -0.1) is 32.9 Å². The molecule has 0 saturated heterocycles. The Morgan fingerprint density at radius 2 is 1.94 bits per heavy atom. The van der Waals surface area contributed by atoms with Crippen molar-refractivity contribution in [2.24, 2.45) is 12.1 Å². The number of thiophene rings is 2. The van der Waals surface area contributed by atoms with Crippen LogP contribution in [0.2, 0.25) is 0 Å². The summed E-state index contributed by atoms with van der Waals surface area (Å²) in [5.74, 6) is 1.60. The summed E-state index contributed by atoms with van der Waals surface area (Å²) in [4.78, 5) is 15.5. The van der Waals surface area contributed by atoms with E-state index in [-0.39, 0.29) is 17.7 Å². The molecule has 3 aromatic heterocycles. The lowest BCUT2D eigenvalue weighted by Crippen LogP contribution is -2.28. The summed E-state index contributed by atoms with van der Waals surface area (Å²) in [5, 5.41) is 19.7. The van der Waals surface area contributed by atoms with Crippen LogP contribution in [-0.2, 0) is 11.8 Å². The number of rotatable bonds is 7. The predicted molar refractivity (Wildman–Crippen MR) is 133 cm³/mol. The molecule has 1 amide bonds. The number of amides is 1. The van der Waals surface area contributed by atoms with Gasteiger partial charge in [0.1, 0.15) is 5.75 Å². The van der Waals surface area contributed by atoms with E-state index >= 15 is 0 Å². The number of aromatic nitrogens is 3. The van der Waals surface area contributed by atoms with Crippen molar-refractivity contribution in [1.82, 2.24) is 19.8 Å². The number of para-hydroxylation sites is 1. The number of hydrazone groups is 1. The van der Waals surface area contributed by atoms with Crippen LogP contribution in [0.25, 0.3) is 11.4 Å². The van der Waals surface area contributed by atoms with Gasteiger partial charge in [-0.25, -0.2) is 5.01 Å². The van der Waals surface area contributed by atoms with E-state index in [0.717, 1.165) is 33.2 Å². The molecular formula is C23H21N5O2S3. The molecule has 10 heteroatoms. The first-order chi connectivity index (χ1) is 16.2. The fourth-order valence-corrected chi connectivity index (χ4v) is 6.03. The van der Waals surface area contributed by atoms with Crippen LogP contribution in [0, 0.1) is 0 Å². The van der Waals surface area contributed by atoms with Crippen molar-refractivity contribution in [3.63, 3.8) is 0 Å². The van der Waals surface area contributed by atoms with Crippen molar-refractivity contribution >= 4 is 46.1 Å². The number of hydrogen-bond acceptors (Lipinski definition) is 8. The normalized spacial score (nSPS) is 15.6. The Bertz CT molecular complexity index is 1280. The van der Waals surface area contributed by atoms with Gasteiger partial charge < -0.3 is 9.30 Å². The molecule has 0 radical (unpaired) electrons. The van der Waals surface area contributed by atoms with E-state index in [9.17, 15) is 4.79 Å². The third-order valence-corrected chi connectivity index (χ3v) is 8.25. The Kier molecular flexibility index (Phi) is 6.30. The quantitative estimate of drug-likeness (QED) is 0.334. The molecule has 0 saturated carbocycles. The average Bonchev–Trinajstić information content (AvgIpc) is 3.64. The molecule has 1 unspecified atom stereocenters. The Balaban J connectivity index is 1.34. The minimum atomic E-state index is -0.0705. The highest BCUT2D eigenvalue weighted by Gasteiger charge is 2.34. The second kappa shape index (κ2) is 9.50. The van der Waals surface area contributed by atoms with Gasteiger partial charge in [-0.1, -0.05) is 36.0 Å². The minimum absolute atomic E-state index is 0.0493. The molecule has 5 rings (SSSR count). The Hall–Kier alpha value is -2.95. The van der Waals surface area contributed by atoms with E-state index in [1.54, 1.807) is 34.8 Å². The fraction of sp³-hybridized carbons (Fsp3) is 0.217. The maximum atomic E-state index is 13.3. The van der Waals surface area contributed by atoms with Crippen LogP contribution in [0.1, 0.15) is 22.2 Å². The van der Waals surface area contributed by atoms with E-state index < -0.39 is 0 Å². The standard InChI is InChI=1S/C23H21N5O2S3/c1-27-22(15-7-3-4-8-18(15)30-2)24-25-23(27)33-14-21(29)28-17(20-10-6-12-32-20)13-16(26-28)19-9-5-11-31-19/h3-12,17H,13-14H2,1-2H3. The van der Waals surface area contributed by atoms with Gasteiger partial charge in [0.15, 0.2) is 11.0 Å². The highest BCUT2D eigenvalue weighted by molar-refractivity contribution is 7.99. The second-order valence-electron chi connectivity index (χ2n) is 7.35. The van der Waals surface area contributed by atoms with Gasteiger partial charge in [0.05, 0.1) is 35.1 Å². The molecule has 0 spiro atoms. The molecule has 0 aliphatic carbocycles. The Labute approximate surface area is 203 Å². The van der Waals surface area contributed by atoms with Crippen LogP contribution < -0.4 is 4.74 Å². The maximum absolute atomic E-state index is 13.3. The molecule has 4 heterocycles. The molecular weight excluding hydrogens is 474 g/mol. The largest absolute Gasteiger partial charge is 0.496 e. The molecule has 4 aromatic rings. The number of carbonyl (C=O) groups excluding carboxylic acids is 1. The number of carbonyl (C=O) groups is 1. The molecule has 33 heavy (non-hydrogen) atoms. The molecule has 7 nitrogen and oxygen atoms in total. The molecule has 1 aromatic carbocycles. The molecule has 168 valence electrons. The number of thioether (sulfide) groups is 1. The van der Waals surface area contributed by atoms with Gasteiger partial charge in [0.25, 0.3) is 5.91 Å². The topological polar surface area (TPSA) is 72.6 Å². The van der Waals surface area contributed by atoms with Gasteiger partial charge in [0.2, 0.25) is 0 Å². The molecule has 0 fully saturated rings. The molecule has 0 N–H and O–H groups in total. The number of ether oxygens (including phenoxy) is 1. The minimum Gasteiger partial charge on any atom is -0.496 e. The van der Waals surface area contributed by atoms with Crippen molar-refractivity contribution < 1.29 is 9.53 Å². The van der Waals surface area contributed by atoms with Crippen molar-refractivity contribution in [3.8, 4) is 17.1 Å². The number of hydrogen-bond donors (Lipinski definition) is 0. The zero-order valence-electron chi connectivity index (χ0n) is 18.0. The van der Waals surface area contributed by atoms with Crippen LogP contribution >= 0.6 is 34.4 Å². The van der Waals surface area contributed by atoms with Crippen LogP contribution in [-0.4, -0.2) is 44.3 Å². The Morgan fingerprint density at radius 3 is 2.70 bits per heavy atom. The molecule has 1 aliphatic rings. The molecule has 0 bridgehead atoms. The molecule has 1 aliphatic heterocycles. The van der Waals surface area contributed by atoms with Gasteiger partial charge in [-0.05, 0) is 35.0 Å². The number of nitrogens with zero attached hydrogens (tertiary/aromatic N) is 5. The maximum Gasteiger partial charge on any atom is 0.253 e. The third kappa shape index (κ3) is 4.33. The van der Waals surface area contributed by atoms with E-state index in [1.807, 2.05) is 58.8 Å². The number of benzene rings is 1. The average molecular weight is 496 g/mol. The van der Waals surface area contributed by atoms with E-state index in [0.29, 0.717) is 11.0 Å². The van der Waals surface area contributed by atoms with Crippen molar-refractivity contribution in [2.75, 3.05) is 12.9 Å². The highest BCUT2D eigenvalue weighted by Crippen LogP contribution is 2.37. The summed E-state index contributed by atoms with van der Waals surface area (Å²) in [6.07, 6.45) is 0.722. The first kappa shape index (κ1) is 21.9. The first-order valence-corrected chi connectivity index (χ1v) is 13.0. The predicted octanol–water partition coefficient (Wildman–Crippen LogP) is 5.08. The first-order valence-electron chi connectivity index (χ1n) is 10.3. The monoisotopic (exact) mass is 495 g/mol. The summed E-state index contributed by atoms with van der Waals surface area (Å²) in [6.45, 7) is 0. The van der Waals surface area contributed by atoms with Crippen LogP contribution in [0.15, 0.2) is 69.5 Å². The smallest absolute Gasteiger partial charge is 0.253 e. The lowest BCUT2D eigenvalue weighted by Gasteiger charge is -2.20. The van der Waals surface area contributed by atoms with Crippen LogP contribution in [0.5, 0.6) is 5.75 Å².